The van der Waals surface area contributed by atoms with E-state index in [1.54, 1.807) is 36.4 Å². The summed E-state index contributed by atoms with van der Waals surface area (Å²) in [6.07, 6.45) is -4.75. The lowest BCUT2D eigenvalue weighted by molar-refractivity contribution is -0.140. The van der Waals surface area contributed by atoms with Crippen molar-refractivity contribution in [3.05, 3.63) is 106 Å². The Bertz CT molecular complexity index is 1840. The first-order valence-corrected chi connectivity index (χ1v) is 11.7. The molecule has 0 bridgehead atoms. The Labute approximate surface area is 213 Å². The van der Waals surface area contributed by atoms with Crippen molar-refractivity contribution in [3.8, 4) is 28.3 Å². The van der Waals surface area contributed by atoms with E-state index in [2.05, 4.69) is 15.1 Å². The number of nitrogens with zero attached hydrogens (tertiary/aromatic N) is 3. The van der Waals surface area contributed by atoms with Crippen LogP contribution >= 0.6 is 0 Å². The number of halogens is 3. The van der Waals surface area contributed by atoms with Crippen molar-refractivity contribution in [1.29, 1.82) is 0 Å². The number of ether oxygens (including phenoxy) is 1. The fourth-order valence-electron chi connectivity index (χ4n) is 4.39. The van der Waals surface area contributed by atoms with Crippen LogP contribution in [0.2, 0.25) is 0 Å². The highest BCUT2D eigenvalue weighted by molar-refractivity contribution is 5.84. The van der Waals surface area contributed by atoms with Crippen LogP contribution in [0.15, 0.2) is 88.1 Å². The predicted molar refractivity (Wildman–Crippen MR) is 135 cm³/mol. The van der Waals surface area contributed by atoms with Gasteiger partial charge < -0.3 is 9.15 Å². The van der Waals surface area contributed by atoms with Gasteiger partial charge in [-0.3, -0.25) is 9.89 Å². The molecule has 0 fully saturated rings. The van der Waals surface area contributed by atoms with Gasteiger partial charge in [0, 0.05) is 0 Å². The lowest BCUT2D eigenvalue weighted by Gasteiger charge is -2.07. The fourth-order valence-corrected chi connectivity index (χ4v) is 4.39. The molecule has 0 spiro atoms. The van der Waals surface area contributed by atoms with Crippen molar-refractivity contribution in [3.63, 3.8) is 0 Å². The van der Waals surface area contributed by atoms with E-state index in [1.807, 2.05) is 30.3 Å². The normalized spacial score (nSPS) is 11.9. The SMILES string of the molecule is Cc1nc2c(-c3ccccc3)c(C(F)(F)F)[nH]n2c(=O)c1-c1nc2c(OCc3ccccc3)cccc2o1. The number of nitrogens with one attached hydrogen (secondary N) is 1. The van der Waals surface area contributed by atoms with Gasteiger partial charge in [-0.25, -0.2) is 9.97 Å². The van der Waals surface area contributed by atoms with Gasteiger partial charge in [0.1, 0.15) is 23.6 Å². The highest BCUT2D eigenvalue weighted by Gasteiger charge is 2.38. The summed E-state index contributed by atoms with van der Waals surface area (Å²) in [5.74, 6) is 0.378. The van der Waals surface area contributed by atoms with Crippen molar-refractivity contribution < 1.29 is 22.3 Å². The van der Waals surface area contributed by atoms with Crippen molar-refractivity contribution in [2.75, 3.05) is 0 Å². The van der Waals surface area contributed by atoms with E-state index in [-0.39, 0.29) is 33.9 Å². The Kier molecular flexibility index (Phi) is 5.52. The van der Waals surface area contributed by atoms with Crippen LogP contribution < -0.4 is 10.3 Å². The maximum atomic E-state index is 14.0. The minimum Gasteiger partial charge on any atom is -0.486 e. The van der Waals surface area contributed by atoms with E-state index in [9.17, 15) is 18.0 Å². The first-order valence-electron chi connectivity index (χ1n) is 11.7. The molecule has 6 aromatic rings. The number of hydrogen-bond acceptors (Lipinski definition) is 5. The van der Waals surface area contributed by atoms with Crippen LogP contribution in [0.1, 0.15) is 17.0 Å². The largest absolute Gasteiger partial charge is 0.486 e. The molecular weight excluding hydrogens is 497 g/mol. The van der Waals surface area contributed by atoms with Gasteiger partial charge in [-0.05, 0) is 30.2 Å². The zero-order valence-electron chi connectivity index (χ0n) is 19.9. The summed E-state index contributed by atoms with van der Waals surface area (Å²) in [4.78, 5) is 22.4. The zero-order chi connectivity index (χ0) is 26.4. The number of aromatic nitrogens is 4. The number of rotatable bonds is 5. The quantitative estimate of drug-likeness (QED) is 0.286. The van der Waals surface area contributed by atoms with Gasteiger partial charge >= 0.3 is 6.18 Å². The molecular formula is C28H19F3N4O3. The Morgan fingerprint density at radius 2 is 1.63 bits per heavy atom. The van der Waals surface area contributed by atoms with E-state index in [0.717, 1.165) is 10.1 Å². The highest BCUT2D eigenvalue weighted by Crippen LogP contribution is 2.38. The number of benzene rings is 3. The zero-order valence-corrected chi connectivity index (χ0v) is 19.9. The molecule has 190 valence electrons. The predicted octanol–water partition coefficient (Wildman–Crippen LogP) is 6.40. The van der Waals surface area contributed by atoms with Crippen LogP contribution in [0.4, 0.5) is 13.2 Å². The highest BCUT2D eigenvalue weighted by atomic mass is 19.4. The molecule has 0 saturated carbocycles. The van der Waals surface area contributed by atoms with Gasteiger partial charge in [0.2, 0.25) is 5.89 Å². The van der Waals surface area contributed by atoms with E-state index in [0.29, 0.717) is 23.5 Å². The molecule has 38 heavy (non-hydrogen) atoms. The molecule has 1 N–H and O–H groups in total. The molecule has 0 radical (unpaired) electrons. The maximum absolute atomic E-state index is 14.0. The van der Waals surface area contributed by atoms with Gasteiger partial charge in [-0.15, -0.1) is 0 Å². The smallest absolute Gasteiger partial charge is 0.433 e. The number of para-hydroxylation sites is 1. The average molecular weight is 516 g/mol. The van der Waals surface area contributed by atoms with Gasteiger partial charge in [0.15, 0.2) is 16.7 Å². The van der Waals surface area contributed by atoms with Crippen LogP contribution in [-0.2, 0) is 12.8 Å². The van der Waals surface area contributed by atoms with Crippen LogP contribution in [0.25, 0.3) is 39.3 Å². The molecule has 0 saturated heterocycles. The summed E-state index contributed by atoms with van der Waals surface area (Å²) in [5, 5.41) is 2.21. The van der Waals surface area contributed by atoms with Crippen molar-refractivity contribution in [2.24, 2.45) is 0 Å². The Morgan fingerprint density at radius 3 is 2.34 bits per heavy atom. The third-order valence-electron chi connectivity index (χ3n) is 6.14. The molecule has 0 aliphatic carbocycles. The van der Waals surface area contributed by atoms with Crippen LogP contribution in [0, 0.1) is 6.92 Å². The van der Waals surface area contributed by atoms with Gasteiger partial charge in [-0.1, -0.05) is 66.7 Å². The van der Waals surface area contributed by atoms with Crippen LogP contribution in [0.5, 0.6) is 5.75 Å². The molecule has 3 aromatic heterocycles. The van der Waals surface area contributed by atoms with Gasteiger partial charge in [-0.2, -0.15) is 17.7 Å². The van der Waals surface area contributed by atoms with E-state index >= 15 is 0 Å². The Balaban J connectivity index is 1.49. The monoisotopic (exact) mass is 516 g/mol. The molecule has 3 aromatic carbocycles. The molecule has 0 aliphatic heterocycles. The number of fused-ring (bicyclic) bond motifs is 2. The number of alkyl halides is 3. The standard InChI is InChI=1S/C28H19F3N4O3/c1-16-21(26-33-23-19(13-8-14-20(23)38-26)37-15-17-9-4-2-5-10-17)27(36)35-25(32-16)22(18-11-6-3-7-12-18)24(34-35)28(29,30)31/h2-14,34H,15H2,1H3. The number of H-pyrrole nitrogens is 1. The first-order chi connectivity index (χ1) is 18.3. The second kappa shape index (κ2) is 8.91. The lowest BCUT2D eigenvalue weighted by atomic mass is 10.1. The number of oxazole rings is 1. The number of hydrogen-bond donors (Lipinski definition) is 1. The second-order valence-corrected chi connectivity index (χ2v) is 8.66. The summed E-state index contributed by atoms with van der Waals surface area (Å²) in [5.41, 5.74) is -0.0791. The lowest BCUT2D eigenvalue weighted by Crippen LogP contribution is -2.20. The van der Waals surface area contributed by atoms with Crippen LogP contribution in [-0.4, -0.2) is 19.6 Å². The minimum absolute atomic E-state index is 0.0534. The van der Waals surface area contributed by atoms with E-state index < -0.39 is 17.4 Å². The number of aryl methyl sites for hydroxylation is 1. The molecule has 10 heteroatoms. The molecule has 3 heterocycles. The van der Waals surface area contributed by atoms with Crippen molar-refractivity contribution >= 4 is 16.7 Å². The van der Waals surface area contributed by atoms with E-state index in [1.165, 1.54) is 19.1 Å². The fraction of sp³-hybridized carbons (Fsp3) is 0.107. The molecule has 0 unspecified atom stereocenters. The summed E-state index contributed by atoms with van der Waals surface area (Å²) in [7, 11) is 0. The second-order valence-electron chi connectivity index (χ2n) is 8.66. The minimum atomic E-state index is -4.75. The Morgan fingerprint density at radius 1 is 0.921 bits per heavy atom. The van der Waals surface area contributed by atoms with Crippen molar-refractivity contribution in [1.82, 2.24) is 19.6 Å². The molecule has 6 rings (SSSR count). The number of aromatic amines is 1. The molecule has 7 nitrogen and oxygen atoms in total. The third-order valence-corrected chi connectivity index (χ3v) is 6.14. The van der Waals surface area contributed by atoms with Gasteiger partial charge in [0.05, 0.1) is 11.3 Å². The van der Waals surface area contributed by atoms with Crippen LogP contribution in [0.3, 0.4) is 0 Å². The topological polar surface area (TPSA) is 85.4 Å². The maximum Gasteiger partial charge on any atom is 0.433 e. The molecule has 0 aliphatic rings. The van der Waals surface area contributed by atoms with Gasteiger partial charge in [0.25, 0.3) is 5.56 Å². The summed E-state index contributed by atoms with van der Waals surface area (Å²) in [6, 6.07) is 22.7. The third kappa shape index (κ3) is 4.00. The van der Waals surface area contributed by atoms with Crippen molar-refractivity contribution in [2.45, 2.75) is 19.7 Å². The average Bonchev–Trinajstić information content (AvgIpc) is 3.51. The molecule has 0 amide bonds. The summed E-state index contributed by atoms with van der Waals surface area (Å²) in [6.45, 7) is 1.83. The first kappa shape index (κ1) is 23.5. The summed E-state index contributed by atoms with van der Waals surface area (Å²) < 4.78 is 54.6. The summed E-state index contributed by atoms with van der Waals surface area (Å²) >= 11 is 0. The Hall–Kier alpha value is -4.86. The molecule has 0 atom stereocenters. The van der Waals surface area contributed by atoms with E-state index in [4.69, 9.17) is 9.15 Å².